The Hall–Kier alpha value is -0.870. The highest BCUT2D eigenvalue weighted by Gasteiger charge is 2.23. The SMILES string of the molecule is CCN1CCCC1CNC(=O)c1sccc1C. The Morgan fingerprint density at radius 1 is 1.65 bits per heavy atom. The van der Waals surface area contributed by atoms with E-state index < -0.39 is 0 Å². The third kappa shape index (κ3) is 2.87. The van der Waals surface area contributed by atoms with Gasteiger partial charge in [0.2, 0.25) is 0 Å². The van der Waals surface area contributed by atoms with Crippen LogP contribution in [0.3, 0.4) is 0 Å². The summed E-state index contributed by atoms with van der Waals surface area (Å²) in [4.78, 5) is 15.3. The summed E-state index contributed by atoms with van der Waals surface area (Å²) in [6.07, 6.45) is 2.46. The van der Waals surface area contributed by atoms with Gasteiger partial charge in [-0.2, -0.15) is 0 Å². The molecule has 0 saturated carbocycles. The predicted molar refractivity (Wildman–Crippen MR) is 71.7 cm³/mol. The summed E-state index contributed by atoms with van der Waals surface area (Å²) in [5.74, 6) is 0.0838. The van der Waals surface area contributed by atoms with Crippen molar-refractivity contribution in [3.05, 3.63) is 21.9 Å². The molecule has 17 heavy (non-hydrogen) atoms. The van der Waals surface area contributed by atoms with Gasteiger partial charge >= 0.3 is 0 Å². The molecule has 0 bridgehead atoms. The molecule has 0 radical (unpaired) electrons. The normalized spacial score (nSPS) is 20.7. The summed E-state index contributed by atoms with van der Waals surface area (Å²) in [6.45, 7) is 7.21. The van der Waals surface area contributed by atoms with Crippen LogP contribution < -0.4 is 5.32 Å². The fourth-order valence-corrected chi connectivity index (χ4v) is 3.28. The molecule has 1 aromatic rings. The summed E-state index contributed by atoms with van der Waals surface area (Å²) in [5, 5.41) is 5.03. The number of nitrogens with one attached hydrogen (secondary N) is 1. The van der Waals surface area contributed by atoms with E-state index in [0.717, 1.165) is 23.5 Å². The van der Waals surface area contributed by atoms with Crippen molar-refractivity contribution in [2.45, 2.75) is 32.7 Å². The standard InChI is InChI=1S/C13H20N2OS/c1-3-15-7-4-5-11(15)9-14-13(16)12-10(2)6-8-17-12/h6,8,11H,3-5,7,9H2,1-2H3,(H,14,16). The first-order valence-electron chi connectivity index (χ1n) is 6.28. The molecular formula is C13H20N2OS. The number of rotatable bonds is 4. The molecule has 2 heterocycles. The number of thiophene rings is 1. The second-order valence-electron chi connectivity index (χ2n) is 4.57. The molecule has 2 rings (SSSR count). The maximum absolute atomic E-state index is 12.0. The number of amides is 1. The number of carbonyl (C=O) groups is 1. The zero-order valence-corrected chi connectivity index (χ0v) is 11.3. The van der Waals surface area contributed by atoms with E-state index in [1.54, 1.807) is 0 Å². The molecule has 0 aliphatic carbocycles. The Bertz CT molecular complexity index is 389. The third-order valence-corrected chi connectivity index (χ3v) is 4.49. The van der Waals surface area contributed by atoms with Crippen LogP contribution in [0, 0.1) is 6.92 Å². The molecule has 4 heteroatoms. The molecule has 1 unspecified atom stereocenters. The first-order chi connectivity index (χ1) is 8.22. The van der Waals surface area contributed by atoms with Gasteiger partial charge in [-0.1, -0.05) is 6.92 Å². The minimum absolute atomic E-state index is 0.0838. The monoisotopic (exact) mass is 252 g/mol. The van der Waals surface area contributed by atoms with Crippen LogP contribution in [-0.4, -0.2) is 36.5 Å². The van der Waals surface area contributed by atoms with Gasteiger partial charge in [-0.05, 0) is 49.9 Å². The fraction of sp³-hybridized carbons (Fsp3) is 0.615. The first-order valence-corrected chi connectivity index (χ1v) is 7.16. The molecule has 94 valence electrons. The smallest absolute Gasteiger partial charge is 0.261 e. The lowest BCUT2D eigenvalue weighted by atomic mass is 10.2. The molecule has 1 N–H and O–H groups in total. The van der Waals surface area contributed by atoms with Gasteiger partial charge in [-0.25, -0.2) is 0 Å². The van der Waals surface area contributed by atoms with Gasteiger partial charge in [0.1, 0.15) is 0 Å². The van der Waals surface area contributed by atoms with Gasteiger partial charge in [-0.15, -0.1) is 11.3 Å². The van der Waals surface area contributed by atoms with Crippen LogP contribution in [0.4, 0.5) is 0 Å². The van der Waals surface area contributed by atoms with E-state index in [2.05, 4.69) is 17.1 Å². The average molecular weight is 252 g/mol. The Kier molecular flexibility index (Phi) is 4.18. The zero-order valence-electron chi connectivity index (χ0n) is 10.5. The molecule has 1 fully saturated rings. The van der Waals surface area contributed by atoms with Crippen molar-refractivity contribution >= 4 is 17.2 Å². The maximum atomic E-state index is 12.0. The van der Waals surface area contributed by atoms with Crippen molar-refractivity contribution in [2.75, 3.05) is 19.6 Å². The van der Waals surface area contributed by atoms with Crippen molar-refractivity contribution in [2.24, 2.45) is 0 Å². The van der Waals surface area contributed by atoms with E-state index in [1.165, 1.54) is 30.7 Å². The number of hydrogen-bond donors (Lipinski definition) is 1. The third-order valence-electron chi connectivity index (χ3n) is 3.47. The second kappa shape index (κ2) is 5.65. The van der Waals surface area contributed by atoms with Gasteiger partial charge < -0.3 is 5.32 Å². The molecule has 1 saturated heterocycles. The Morgan fingerprint density at radius 2 is 2.47 bits per heavy atom. The lowest BCUT2D eigenvalue weighted by Crippen LogP contribution is -2.39. The van der Waals surface area contributed by atoms with Crippen LogP contribution in [0.5, 0.6) is 0 Å². The van der Waals surface area contributed by atoms with E-state index in [0.29, 0.717) is 6.04 Å². The highest BCUT2D eigenvalue weighted by atomic mass is 32.1. The lowest BCUT2D eigenvalue weighted by Gasteiger charge is -2.22. The number of likely N-dealkylation sites (N-methyl/N-ethyl adjacent to an activating group) is 1. The Morgan fingerprint density at radius 3 is 3.12 bits per heavy atom. The Labute approximate surface area is 107 Å². The van der Waals surface area contributed by atoms with E-state index in [4.69, 9.17) is 0 Å². The first kappa shape index (κ1) is 12.6. The average Bonchev–Trinajstić information content (AvgIpc) is 2.94. The highest BCUT2D eigenvalue weighted by molar-refractivity contribution is 7.12. The fourth-order valence-electron chi connectivity index (χ4n) is 2.44. The van der Waals surface area contributed by atoms with Crippen molar-refractivity contribution < 1.29 is 4.79 Å². The van der Waals surface area contributed by atoms with Crippen molar-refractivity contribution in [1.82, 2.24) is 10.2 Å². The molecule has 0 spiro atoms. The number of aryl methyl sites for hydroxylation is 1. The molecule has 0 aromatic carbocycles. The van der Waals surface area contributed by atoms with Gasteiger partial charge in [-0.3, -0.25) is 9.69 Å². The van der Waals surface area contributed by atoms with E-state index in [9.17, 15) is 4.79 Å². The number of likely N-dealkylation sites (tertiary alicyclic amines) is 1. The van der Waals surface area contributed by atoms with E-state index >= 15 is 0 Å². The van der Waals surface area contributed by atoms with Crippen LogP contribution in [0.1, 0.15) is 35.0 Å². The van der Waals surface area contributed by atoms with Crippen molar-refractivity contribution in [3.63, 3.8) is 0 Å². The van der Waals surface area contributed by atoms with Gasteiger partial charge in [0, 0.05) is 12.6 Å². The molecular weight excluding hydrogens is 232 g/mol. The molecule has 1 aromatic heterocycles. The quantitative estimate of drug-likeness (QED) is 0.891. The summed E-state index contributed by atoms with van der Waals surface area (Å²) < 4.78 is 0. The summed E-state index contributed by atoms with van der Waals surface area (Å²) in [7, 11) is 0. The molecule has 3 nitrogen and oxygen atoms in total. The van der Waals surface area contributed by atoms with Crippen LogP contribution in [0.2, 0.25) is 0 Å². The van der Waals surface area contributed by atoms with Crippen LogP contribution in [0.15, 0.2) is 11.4 Å². The maximum Gasteiger partial charge on any atom is 0.261 e. The lowest BCUT2D eigenvalue weighted by molar-refractivity contribution is 0.0945. The topological polar surface area (TPSA) is 32.3 Å². The van der Waals surface area contributed by atoms with Crippen LogP contribution in [-0.2, 0) is 0 Å². The summed E-state index contributed by atoms with van der Waals surface area (Å²) >= 11 is 1.52. The van der Waals surface area contributed by atoms with E-state index in [1.807, 2.05) is 18.4 Å². The van der Waals surface area contributed by atoms with Gasteiger partial charge in [0.15, 0.2) is 0 Å². The predicted octanol–water partition coefficient (Wildman–Crippen LogP) is 2.27. The molecule has 1 aliphatic heterocycles. The van der Waals surface area contributed by atoms with Gasteiger partial charge in [0.05, 0.1) is 4.88 Å². The van der Waals surface area contributed by atoms with Crippen LogP contribution in [0.25, 0.3) is 0 Å². The molecule has 1 aliphatic rings. The van der Waals surface area contributed by atoms with Crippen LogP contribution >= 0.6 is 11.3 Å². The van der Waals surface area contributed by atoms with E-state index in [-0.39, 0.29) is 5.91 Å². The zero-order chi connectivity index (χ0) is 12.3. The largest absolute Gasteiger partial charge is 0.350 e. The second-order valence-corrected chi connectivity index (χ2v) is 5.48. The van der Waals surface area contributed by atoms with Crippen molar-refractivity contribution in [3.8, 4) is 0 Å². The number of hydrogen-bond acceptors (Lipinski definition) is 3. The highest BCUT2D eigenvalue weighted by Crippen LogP contribution is 2.17. The summed E-state index contributed by atoms with van der Waals surface area (Å²) in [6, 6.07) is 2.53. The minimum Gasteiger partial charge on any atom is -0.350 e. The van der Waals surface area contributed by atoms with Crippen molar-refractivity contribution in [1.29, 1.82) is 0 Å². The number of nitrogens with zero attached hydrogens (tertiary/aromatic N) is 1. The molecule has 1 amide bonds. The van der Waals surface area contributed by atoms with Gasteiger partial charge in [0.25, 0.3) is 5.91 Å². The minimum atomic E-state index is 0.0838. The Balaban J connectivity index is 1.86. The summed E-state index contributed by atoms with van der Waals surface area (Å²) in [5.41, 5.74) is 1.08. The molecule has 1 atom stereocenters. The number of carbonyl (C=O) groups excluding carboxylic acids is 1.